The quantitative estimate of drug-likeness (QED) is 0.665. The van der Waals surface area contributed by atoms with Gasteiger partial charge in [0.05, 0.1) is 5.56 Å². The third-order valence-electron chi connectivity index (χ3n) is 4.60. The van der Waals surface area contributed by atoms with Crippen LogP contribution < -0.4 is 15.1 Å². The first-order chi connectivity index (χ1) is 13.6. The van der Waals surface area contributed by atoms with Gasteiger partial charge in [-0.25, -0.2) is 9.97 Å². The van der Waals surface area contributed by atoms with E-state index in [0.717, 1.165) is 24.5 Å². The lowest BCUT2D eigenvalue weighted by Gasteiger charge is -2.21. The third-order valence-corrected chi connectivity index (χ3v) is 4.60. The molecule has 1 heterocycles. The first kappa shape index (κ1) is 19.4. The smallest absolute Gasteiger partial charge is 0.261 e. The summed E-state index contributed by atoms with van der Waals surface area (Å²) in [6.07, 6.45) is 3.09. The summed E-state index contributed by atoms with van der Waals surface area (Å²) in [4.78, 5) is 25.0. The molecule has 0 aliphatic carbocycles. The highest BCUT2D eigenvalue weighted by atomic mass is 16.2. The number of hydrogen-bond acceptors (Lipinski definition) is 5. The standard InChI is InChI=1S/C22H25N5O/c1-4-27(5-2)20-13-11-18(12-14-20)25-22-23-15-17(16-24-22)21(28)26(3)19-9-7-6-8-10-19/h6-16H,4-5H2,1-3H3,(H,23,24,25). The van der Waals surface area contributed by atoms with Crippen LogP contribution in [0.4, 0.5) is 23.0 Å². The van der Waals surface area contributed by atoms with E-state index in [4.69, 9.17) is 0 Å². The number of nitrogens with zero attached hydrogens (tertiary/aromatic N) is 4. The number of aromatic nitrogens is 2. The Hall–Kier alpha value is -3.41. The average Bonchev–Trinajstić information content (AvgIpc) is 2.76. The normalized spacial score (nSPS) is 10.4. The van der Waals surface area contributed by atoms with Gasteiger partial charge in [0.2, 0.25) is 5.95 Å². The van der Waals surface area contributed by atoms with Crippen molar-refractivity contribution in [1.82, 2.24) is 9.97 Å². The average molecular weight is 375 g/mol. The fourth-order valence-corrected chi connectivity index (χ4v) is 2.94. The number of amides is 1. The molecule has 3 rings (SSSR count). The monoisotopic (exact) mass is 375 g/mol. The molecule has 0 bridgehead atoms. The Balaban J connectivity index is 1.67. The number of para-hydroxylation sites is 1. The molecule has 0 saturated carbocycles. The van der Waals surface area contributed by atoms with Crippen molar-refractivity contribution in [2.75, 3.05) is 35.3 Å². The van der Waals surface area contributed by atoms with Gasteiger partial charge in [0.15, 0.2) is 0 Å². The summed E-state index contributed by atoms with van der Waals surface area (Å²) in [5.41, 5.74) is 3.34. The van der Waals surface area contributed by atoms with Crippen molar-refractivity contribution in [3.8, 4) is 0 Å². The predicted molar refractivity (Wildman–Crippen MR) is 114 cm³/mol. The van der Waals surface area contributed by atoms with E-state index in [1.165, 1.54) is 5.69 Å². The van der Waals surface area contributed by atoms with Crippen LogP contribution in [0.1, 0.15) is 24.2 Å². The number of rotatable bonds is 7. The molecule has 1 aromatic heterocycles. The molecule has 0 aliphatic heterocycles. The maximum absolute atomic E-state index is 12.6. The summed E-state index contributed by atoms with van der Waals surface area (Å²) in [6.45, 7) is 6.22. The molecule has 0 fully saturated rings. The highest BCUT2D eigenvalue weighted by Crippen LogP contribution is 2.20. The van der Waals surface area contributed by atoms with Crippen LogP contribution in [-0.2, 0) is 0 Å². The number of carbonyl (C=O) groups is 1. The molecule has 144 valence electrons. The molecular weight excluding hydrogens is 350 g/mol. The van der Waals surface area contributed by atoms with E-state index in [2.05, 4.69) is 46.2 Å². The molecule has 0 atom stereocenters. The van der Waals surface area contributed by atoms with Crippen molar-refractivity contribution in [3.05, 3.63) is 72.6 Å². The van der Waals surface area contributed by atoms with Crippen LogP contribution in [0.15, 0.2) is 67.0 Å². The third kappa shape index (κ3) is 4.46. The fraction of sp³-hybridized carbons (Fsp3) is 0.227. The number of anilines is 4. The van der Waals surface area contributed by atoms with Gasteiger partial charge in [0.25, 0.3) is 5.91 Å². The minimum Gasteiger partial charge on any atom is -0.372 e. The fourth-order valence-electron chi connectivity index (χ4n) is 2.94. The molecule has 2 aromatic carbocycles. The Morgan fingerprint density at radius 1 is 0.893 bits per heavy atom. The Kier molecular flexibility index (Phi) is 6.22. The van der Waals surface area contributed by atoms with Crippen LogP contribution in [0.5, 0.6) is 0 Å². The van der Waals surface area contributed by atoms with E-state index in [1.807, 2.05) is 42.5 Å². The van der Waals surface area contributed by atoms with Crippen molar-refractivity contribution in [3.63, 3.8) is 0 Å². The van der Waals surface area contributed by atoms with Crippen molar-refractivity contribution in [1.29, 1.82) is 0 Å². The van der Waals surface area contributed by atoms with Crippen molar-refractivity contribution in [2.24, 2.45) is 0 Å². The van der Waals surface area contributed by atoms with Gasteiger partial charge >= 0.3 is 0 Å². The zero-order chi connectivity index (χ0) is 19.9. The molecule has 3 aromatic rings. The van der Waals surface area contributed by atoms with Crippen molar-refractivity contribution in [2.45, 2.75) is 13.8 Å². The second kappa shape index (κ2) is 8.99. The number of hydrogen-bond donors (Lipinski definition) is 1. The minimum atomic E-state index is -0.152. The summed E-state index contributed by atoms with van der Waals surface area (Å²) in [7, 11) is 1.74. The lowest BCUT2D eigenvalue weighted by Crippen LogP contribution is -2.26. The highest BCUT2D eigenvalue weighted by Gasteiger charge is 2.14. The lowest BCUT2D eigenvalue weighted by atomic mass is 10.2. The van der Waals surface area contributed by atoms with Crippen LogP contribution in [0, 0.1) is 0 Å². The Labute approximate surface area is 165 Å². The van der Waals surface area contributed by atoms with Gasteiger partial charge in [0.1, 0.15) is 0 Å². The van der Waals surface area contributed by atoms with Gasteiger partial charge in [-0.15, -0.1) is 0 Å². The first-order valence-corrected chi connectivity index (χ1v) is 9.39. The maximum atomic E-state index is 12.6. The molecule has 0 spiro atoms. The van der Waals surface area contributed by atoms with Gasteiger partial charge in [-0.2, -0.15) is 0 Å². The summed E-state index contributed by atoms with van der Waals surface area (Å²) in [5, 5.41) is 3.17. The van der Waals surface area contributed by atoms with Gasteiger partial charge in [-0.1, -0.05) is 18.2 Å². The molecule has 0 aliphatic rings. The van der Waals surface area contributed by atoms with E-state index in [9.17, 15) is 4.79 Å². The van der Waals surface area contributed by atoms with Crippen LogP contribution in [-0.4, -0.2) is 36.0 Å². The molecule has 1 N–H and O–H groups in total. The molecular formula is C22H25N5O. The first-order valence-electron chi connectivity index (χ1n) is 9.39. The SMILES string of the molecule is CCN(CC)c1ccc(Nc2ncc(C(=O)N(C)c3ccccc3)cn2)cc1. The molecule has 28 heavy (non-hydrogen) atoms. The second-order valence-electron chi connectivity index (χ2n) is 6.34. The van der Waals surface area contributed by atoms with Crippen LogP contribution >= 0.6 is 0 Å². The van der Waals surface area contributed by atoms with Crippen LogP contribution in [0.25, 0.3) is 0 Å². The largest absolute Gasteiger partial charge is 0.372 e. The highest BCUT2D eigenvalue weighted by molar-refractivity contribution is 6.05. The van der Waals surface area contributed by atoms with E-state index in [0.29, 0.717) is 11.5 Å². The number of carbonyl (C=O) groups excluding carboxylic acids is 1. The molecule has 6 heteroatoms. The maximum Gasteiger partial charge on any atom is 0.261 e. The topological polar surface area (TPSA) is 61.4 Å². The van der Waals surface area contributed by atoms with Crippen LogP contribution in [0.3, 0.4) is 0 Å². The summed E-state index contributed by atoms with van der Waals surface area (Å²) < 4.78 is 0. The molecule has 0 unspecified atom stereocenters. The Morgan fingerprint density at radius 3 is 2.07 bits per heavy atom. The van der Waals surface area contributed by atoms with Crippen molar-refractivity contribution < 1.29 is 4.79 Å². The van der Waals surface area contributed by atoms with Gasteiger partial charge in [-0.05, 0) is 50.2 Å². The van der Waals surface area contributed by atoms with E-state index in [-0.39, 0.29) is 5.91 Å². The number of nitrogens with one attached hydrogen (secondary N) is 1. The molecule has 0 saturated heterocycles. The summed E-state index contributed by atoms with van der Waals surface area (Å²) in [6, 6.07) is 17.6. The van der Waals surface area contributed by atoms with Crippen LogP contribution in [0.2, 0.25) is 0 Å². The molecule has 1 amide bonds. The Morgan fingerprint density at radius 2 is 1.50 bits per heavy atom. The Bertz CT molecular complexity index is 890. The van der Waals surface area contributed by atoms with Crippen molar-refractivity contribution >= 4 is 28.9 Å². The summed E-state index contributed by atoms with van der Waals surface area (Å²) in [5.74, 6) is 0.302. The predicted octanol–water partition coefficient (Wildman–Crippen LogP) is 4.34. The molecule has 0 radical (unpaired) electrons. The second-order valence-corrected chi connectivity index (χ2v) is 6.34. The lowest BCUT2D eigenvalue weighted by molar-refractivity contribution is 0.0992. The van der Waals surface area contributed by atoms with E-state index in [1.54, 1.807) is 24.3 Å². The summed E-state index contributed by atoms with van der Waals surface area (Å²) >= 11 is 0. The van der Waals surface area contributed by atoms with E-state index >= 15 is 0 Å². The van der Waals surface area contributed by atoms with Gasteiger partial charge in [0, 0.05) is 49.6 Å². The number of benzene rings is 2. The van der Waals surface area contributed by atoms with Gasteiger partial charge < -0.3 is 15.1 Å². The van der Waals surface area contributed by atoms with E-state index < -0.39 is 0 Å². The zero-order valence-electron chi connectivity index (χ0n) is 16.5. The zero-order valence-corrected chi connectivity index (χ0v) is 16.5. The minimum absolute atomic E-state index is 0.152. The van der Waals surface area contributed by atoms with Gasteiger partial charge in [-0.3, -0.25) is 4.79 Å². The molecule has 6 nitrogen and oxygen atoms in total.